The molecule has 2 aromatic heterocycles. The van der Waals surface area contributed by atoms with E-state index in [4.69, 9.17) is 33.9 Å². The third-order valence-electron chi connectivity index (χ3n) is 5.81. The molecule has 0 saturated carbocycles. The van der Waals surface area contributed by atoms with E-state index >= 15 is 0 Å². The maximum Gasteiger partial charge on any atom is 0.328 e. The number of methoxy groups -OCH3 is 1. The average Bonchev–Trinajstić information content (AvgIpc) is 2.97. The number of rotatable bonds is 8. The summed E-state index contributed by atoms with van der Waals surface area (Å²) in [4.78, 5) is 28.6. The van der Waals surface area contributed by atoms with Gasteiger partial charge in [-0.05, 0) is 73.8 Å². The van der Waals surface area contributed by atoms with Crippen LogP contribution in [0, 0.1) is 17.0 Å². The van der Waals surface area contributed by atoms with Gasteiger partial charge in [-0.3, -0.25) is 10.1 Å². The Morgan fingerprint density at radius 3 is 2.19 bits per heavy atom. The van der Waals surface area contributed by atoms with Crippen LogP contribution in [0.15, 0.2) is 78.9 Å². The number of aryl methyl sites for hydroxylation is 1. The van der Waals surface area contributed by atoms with Gasteiger partial charge in [0.25, 0.3) is 5.69 Å². The Kier molecular flexibility index (Phi) is 8.74. The topological polar surface area (TPSA) is 161 Å². The smallest absolute Gasteiger partial charge is 0.328 e. The van der Waals surface area contributed by atoms with Gasteiger partial charge in [-0.1, -0.05) is 30.3 Å². The summed E-state index contributed by atoms with van der Waals surface area (Å²) in [5.41, 5.74) is 2.15. The van der Waals surface area contributed by atoms with Crippen LogP contribution in [0.2, 0.25) is 0 Å². The number of hydrogen-bond acceptors (Lipinski definition) is 10. The van der Waals surface area contributed by atoms with Crippen molar-refractivity contribution in [2.45, 2.75) is 6.92 Å². The highest BCUT2D eigenvalue weighted by Gasteiger charge is 2.16. The number of para-hydroxylation sites is 3. The summed E-state index contributed by atoms with van der Waals surface area (Å²) in [5, 5.41) is 24.0. The molecule has 4 N–H and O–H groups in total. The highest BCUT2D eigenvalue weighted by Crippen LogP contribution is 2.29. The number of ether oxygens (including phenoxy) is 2. The first-order valence-corrected chi connectivity index (χ1v) is 13.4. The number of hydrogen-bond donors (Lipinski definition) is 4. The minimum Gasteiger partial charge on any atom is -0.497 e. The SMILES string of the molecule is COc1ccc2nc(C)c(Oc3nc(NC(=S)Nc4ccccc4)nc(NC(=S)Nc4ccccc4[N+](=O)[O-])n3)cc2c1. The van der Waals surface area contributed by atoms with Gasteiger partial charge in [0.1, 0.15) is 11.4 Å². The number of nitro groups is 1. The predicted molar refractivity (Wildman–Crippen MR) is 172 cm³/mol. The average molecular weight is 614 g/mol. The Labute approximate surface area is 255 Å². The Morgan fingerprint density at radius 1 is 0.814 bits per heavy atom. The molecule has 5 rings (SSSR count). The maximum atomic E-state index is 11.4. The van der Waals surface area contributed by atoms with Crippen molar-refractivity contribution in [2.75, 3.05) is 28.4 Å². The monoisotopic (exact) mass is 613 g/mol. The van der Waals surface area contributed by atoms with Gasteiger partial charge in [-0.15, -0.1) is 0 Å². The number of nitro benzene ring substituents is 1. The van der Waals surface area contributed by atoms with Gasteiger partial charge in [0.05, 0.1) is 23.2 Å². The van der Waals surface area contributed by atoms with Crippen molar-refractivity contribution in [3.05, 3.63) is 94.7 Å². The van der Waals surface area contributed by atoms with Crippen LogP contribution in [0.3, 0.4) is 0 Å². The van der Waals surface area contributed by atoms with E-state index in [-0.39, 0.29) is 39.5 Å². The first-order chi connectivity index (χ1) is 20.8. The fourth-order valence-corrected chi connectivity index (χ4v) is 4.26. The maximum absolute atomic E-state index is 11.4. The number of benzene rings is 3. The Balaban J connectivity index is 1.43. The van der Waals surface area contributed by atoms with Crippen LogP contribution in [0.5, 0.6) is 17.5 Å². The lowest BCUT2D eigenvalue weighted by Gasteiger charge is -2.14. The lowest BCUT2D eigenvalue weighted by molar-refractivity contribution is -0.383. The van der Waals surface area contributed by atoms with Crippen molar-refractivity contribution in [2.24, 2.45) is 0 Å². The van der Waals surface area contributed by atoms with Crippen LogP contribution in [0.25, 0.3) is 10.9 Å². The van der Waals surface area contributed by atoms with Gasteiger partial charge in [-0.25, -0.2) is 4.98 Å². The Morgan fingerprint density at radius 2 is 1.49 bits per heavy atom. The number of nitrogens with one attached hydrogen (secondary N) is 4. The highest BCUT2D eigenvalue weighted by atomic mass is 32.1. The third-order valence-corrected chi connectivity index (χ3v) is 6.22. The summed E-state index contributed by atoms with van der Waals surface area (Å²) < 4.78 is 11.4. The highest BCUT2D eigenvalue weighted by molar-refractivity contribution is 7.81. The van der Waals surface area contributed by atoms with Gasteiger partial charge in [0.15, 0.2) is 16.0 Å². The summed E-state index contributed by atoms with van der Waals surface area (Å²) in [7, 11) is 1.58. The van der Waals surface area contributed by atoms with E-state index in [2.05, 4.69) is 41.2 Å². The molecule has 0 radical (unpaired) electrons. The molecule has 0 bridgehead atoms. The largest absolute Gasteiger partial charge is 0.497 e. The van der Waals surface area contributed by atoms with Crippen molar-refractivity contribution in [3.8, 4) is 17.5 Å². The quantitative estimate of drug-likeness (QED) is 0.0908. The van der Waals surface area contributed by atoms with Crippen LogP contribution < -0.4 is 30.7 Å². The van der Waals surface area contributed by atoms with Crippen molar-refractivity contribution in [1.29, 1.82) is 0 Å². The summed E-state index contributed by atoms with van der Waals surface area (Å²) in [6.07, 6.45) is 0. The molecule has 43 heavy (non-hydrogen) atoms. The van der Waals surface area contributed by atoms with E-state index in [0.717, 1.165) is 16.6 Å². The minimum absolute atomic E-state index is 0.00182. The molecule has 0 unspecified atom stereocenters. The van der Waals surface area contributed by atoms with Crippen LogP contribution in [0.4, 0.5) is 29.0 Å². The molecule has 0 aliphatic carbocycles. The summed E-state index contributed by atoms with van der Waals surface area (Å²) in [6, 6.07) is 22.6. The fraction of sp³-hybridized carbons (Fsp3) is 0.0714. The molecule has 0 aliphatic heterocycles. The number of nitrogens with zero attached hydrogens (tertiary/aromatic N) is 5. The number of pyridine rings is 1. The number of thiocarbonyl (C=S) groups is 2. The molecule has 3 aromatic carbocycles. The second-order valence-electron chi connectivity index (χ2n) is 8.80. The van der Waals surface area contributed by atoms with Crippen molar-refractivity contribution in [3.63, 3.8) is 0 Å². The molecular formula is C28H23N9O4S2. The van der Waals surface area contributed by atoms with E-state index in [1.807, 2.05) is 48.5 Å². The molecule has 5 aromatic rings. The van der Waals surface area contributed by atoms with Gasteiger partial charge in [0, 0.05) is 17.1 Å². The van der Waals surface area contributed by atoms with Gasteiger partial charge in [0.2, 0.25) is 11.9 Å². The number of aromatic nitrogens is 4. The Bertz CT molecular complexity index is 1840. The number of fused-ring (bicyclic) bond motifs is 1. The Hall–Kier alpha value is -5.54. The van der Waals surface area contributed by atoms with Gasteiger partial charge in [-0.2, -0.15) is 15.0 Å². The molecule has 0 fully saturated rings. The number of anilines is 4. The molecule has 0 atom stereocenters. The zero-order chi connectivity index (χ0) is 30.3. The van der Waals surface area contributed by atoms with E-state index in [1.54, 1.807) is 32.2 Å². The molecule has 15 heteroatoms. The molecular weight excluding hydrogens is 591 g/mol. The third kappa shape index (κ3) is 7.41. The standard InChI is InChI=1S/C28H23N9O4S2/c1-16-23(15-17-14-19(40-2)12-13-20(17)29-16)41-26-33-24(35-27(42)30-18-8-4-3-5-9-18)32-25(34-26)36-28(43)31-21-10-6-7-11-22(21)37(38)39/h3-15H,1-2H3,(H4,30,31,32,33,34,35,36,42,43). The molecule has 0 saturated heterocycles. The molecule has 0 spiro atoms. The first kappa shape index (κ1) is 29.0. The van der Waals surface area contributed by atoms with E-state index in [1.165, 1.54) is 12.1 Å². The summed E-state index contributed by atoms with van der Waals surface area (Å²) in [6.45, 7) is 1.79. The second kappa shape index (κ2) is 13.0. The second-order valence-corrected chi connectivity index (χ2v) is 9.61. The lowest BCUT2D eigenvalue weighted by atomic mass is 10.2. The molecule has 0 aliphatic rings. The van der Waals surface area contributed by atoms with Gasteiger partial charge >= 0.3 is 6.01 Å². The van der Waals surface area contributed by atoms with Crippen molar-refractivity contribution >= 4 is 74.5 Å². The molecule has 2 heterocycles. The van der Waals surface area contributed by atoms with E-state index in [9.17, 15) is 10.1 Å². The molecule has 216 valence electrons. The van der Waals surface area contributed by atoms with Crippen LogP contribution in [-0.4, -0.2) is 42.2 Å². The first-order valence-electron chi connectivity index (χ1n) is 12.6. The van der Waals surface area contributed by atoms with Crippen LogP contribution in [-0.2, 0) is 0 Å². The molecule has 0 amide bonds. The summed E-state index contributed by atoms with van der Waals surface area (Å²) >= 11 is 10.8. The van der Waals surface area contributed by atoms with Gasteiger partial charge < -0.3 is 30.7 Å². The normalized spacial score (nSPS) is 10.5. The van der Waals surface area contributed by atoms with Crippen LogP contribution in [0.1, 0.15) is 5.69 Å². The lowest BCUT2D eigenvalue weighted by Crippen LogP contribution is -2.24. The van der Waals surface area contributed by atoms with E-state index < -0.39 is 4.92 Å². The van der Waals surface area contributed by atoms with E-state index in [0.29, 0.717) is 17.2 Å². The predicted octanol–water partition coefficient (Wildman–Crippen LogP) is 6.06. The minimum atomic E-state index is -0.516. The zero-order valence-electron chi connectivity index (χ0n) is 22.7. The zero-order valence-corrected chi connectivity index (χ0v) is 24.3. The molecule has 13 nitrogen and oxygen atoms in total. The summed E-state index contributed by atoms with van der Waals surface area (Å²) in [5.74, 6) is 1.09. The van der Waals surface area contributed by atoms with Crippen LogP contribution >= 0.6 is 24.4 Å². The fourth-order valence-electron chi connectivity index (χ4n) is 3.85. The van der Waals surface area contributed by atoms with Crippen molar-refractivity contribution in [1.82, 2.24) is 19.9 Å². The van der Waals surface area contributed by atoms with Crippen molar-refractivity contribution < 1.29 is 14.4 Å².